The molecule has 1 fully saturated rings. The molecule has 8 heteroatoms. The zero-order chi connectivity index (χ0) is 23.7. The maximum atomic E-state index is 14.1. The second-order valence-corrected chi connectivity index (χ2v) is 8.73. The number of nitrogens with zero attached hydrogens (tertiary/aromatic N) is 2. The molecule has 0 spiro atoms. The normalized spacial score (nSPS) is 16.7. The summed E-state index contributed by atoms with van der Waals surface area (Å²) in [6.45, 7) is 3.73. The van der Waals surface area contributed by atoms with Gasteiger partial charge in [0.2, 0.25) is 11.8 Å². The number of hydrogen-bond donors (Lipinski definition) is 1. The summed E-state index contributed by atoms with van der Waals surface area (Å²) >= 11 is 5.81. The van der Waals surface area contributed by atoms with Crippen molar-refractivity contribution in [3.63, 3.8) is 0 Å². The van der Waals surface area contributed by atoms with Gasteiger partial charge in [0, 0.05) is 41.3 Å². The highest BCUT2D eigenvalue weighted by Crippen LogP contribution is 2.28. The standard InChI is InChI=1S/C25H25ClFN3O3/c1-15(30-14-19(16(2)31)18-8-3-4-10-21(18)30)25(33)29-12-6-11-22(29)24(32)28-13-17-7-5-9-20(26)23(17)27/h3-5,7-10,14-15,22H,6,11-13H2,1-2H3,(H,28,32)/t15?,22-/m0/s1. The lowest BCUT2D eigenvalue weighted by Crippen LogP contribution is -2.47. The van der Waals surface area contributed by atoms with Crippen LogP contribution in [0.4, 0.5) is 4.39 Å². The molecule has 0 bridgehead atoms. The lowest BCUT2D eigenvalue weighted by atomic mass is 10.1. The molecule has 2 aromatic carbocycles. The number of amides is 2. The molecule has 0 aliphatic carbocycles. The smallest absolute Gasteiger partial charge is 0.246 e. The van der Waals surface area contributed by atoms with Gasteiger partial charge in [0.25, 0.3) is 0 Å². The molecular weight excluding hydrogens is 445 g/mol. The van der Waals surface area contributed by atoms with Gasteiger partial charge in [-0.15, -0.1) is 0 Å². The van der Waals surface area contributed by atoms with Crippen molar-refractivity contribution in [3.8, 4) is 0 Å². The van der Waals surface area contributed by atoms with Crippen molar-refractivity contribution in [2.45, 2.75) is 45.3 Å². The van der Waals surface area contributed by atoms with Crippen LogP contribution in [0.2, 0.25) is 5.02 Å². The highest BCUT2D eigenvalue weighted by atomic mass is 35.5. The first kappa shape index (κ1) is 23.0. The zero-order valence-corrected chi connectivity index (χ0v) is 19.2. The van der Waals surface area contributed by atoms with Gasteiger partial charge in [-0.1, -0.05) is 41.9 Å². The van der Waals surface area contributed by atoms with E-state index < -0.39 is 17.9 Å². The Hall–Kier alpha value is -3.19. The molecule has 1 aliphatic rings. The van der Waals surface area contributed by atoms with Gasteiger partial charge < -0.3 is 14.8 Å². The number of carbonyl (C=O) groups is 3. The van der Waals surface area contributed by atoms with Crippen LogP contribution in [-0.4, -0.2) is 39.7 Å². The maximum Gasteiger partial charge on any atom is 0.246 e. The Morgan fingerprint density at radius 3 is 2.70 bits per heavy atom. The van der Waals surface area contributed by atoms with Crippen LogP contribution in [0, 0.1) is 5.82 Å². The lowest BCUT2D eigenvalue weighted by molar-refractivity contribution is -0.140. The van der Waals surface area contributed by atoms with Crippen LogP contribution in [0.3, 0.4) is 0 Å². The molecule has 0 saturated carbocycles. The summed E-state index contributed by atoms with van der Waals surface area (Å²) in [6, 6.07) is 10.9. The predicted octanol–water partition coefficient (Wildman–Crippen LogP) is 4.50. The largest absolute Gasteiger partial charge is 0.350 e. The average molecular weight is 470 g/mol. The average Bonchev–Trinajstić information content (AvgIpc) is 3.44. The fourth-order valence-electron chi connectivity index (χ4n) is 4.45. The number of rotatable bonds is 6. The van der Waals surface area contributed by atoms with E-state index in [1.807, 2.05) is 24.3 Å². The highest BCUT2D eigenvalue weighted by molar-refractivity contribution is 6.30. The molecular formula is C25H25ClFN3O3. The number of ketones is 1. The minimum Gasteiger partial charge on any atom is -0.350 e. The lowest BCUT2D eigenvalue weighted by Gasteiger charge is -2.27. The van der Waals surface area contributed by atoms with Gasteiger partial charge in [-0.2, -0.15) is 0 Å². The molecule has 1 N–H and O–H groups in total. The summed E-state index contributed by atoms with van der Waals surface area (Å²) in [7, 11) is 0. The van der Waals surface area contributed by atoms with Crippen LogP contribution >= 0.6 is 11.6 Å². The predicted molar refractivity (Wildman–Crippen MR) is 125 cm³/mol. The van der Waals surface area contributed by atoms with Gasteiger partial charge in [0.1, 0.15) is 17.9 Å². The van der Waals surface area contributed by atoms with E-state index in [-0.39, 0.29) is 34.7 Å². The van der Waals surface area contributed by atoms with Crippen molar-refractivity contribution >= 4 is 40.1 Å². The summed E-state index contributed by atoms with van der Waals surface area (Å²) in [5.41, 5.74) is 1.64. The number of carbonyl (C=O) groups excluding carboxylic acids is 3. The summed E-state index contributed by atoms with van der Waals surface area (Å²) in [5.74, 6) is -1.16. The van der Waals surface area contributed by atoms with Crippen LogP contribution in [0.1, 0.15) is 48.7 Å². The molecule has 1 saturated heterocycles. The number of benzene rings is 2. The summed E-state index contributed by atoms with van der Waals surface area (Å²) in [5, 5.41) is 3.53. The molecule has 2 heterocycles. The third kappa shape index (κ3) is 4.37. The van der Waals surface area contributed by atoms with E-state index in [2.05, 4.69) is 5.32 Å². The van der Waals surface area contributed by atoms with Crippen molar-refractivity contribution in [2.24, 2.45) is 0 Å². The van der Waals surface area contributed by atoms with E-state index in [9.17, 15) is 18.8 Å². The molecule has 33 heavy (non-hydrogen) atoms. The fourth-order valence-corrected chi connectivity index (χ4v) is 4.65. The fraction of sp³-hybridized carbons (Fsp3) is 0.320. The second-order valence-electron chi connectivity index (χ2n) is 8.32. The number of Topliss-reactive ketones (excluding diaryl/α,β-unsaturated/α-hetero) is 1. The van der Waals surface area contributed by atoms with Gasteiger partial charge >= 0.3 is 0 Å². The molecule has 172 valence electrons. The Morgan fingerprint density at radius 1 is 1.18 bits per heavy atom. The van der Waals surface area contributed by atoms with Crippen LogP contribution in [0.5, 0.6) is 0 Å². The summed E-state index contributed by atoms with van der Waals surface area (Å²) in [4.78, 5) is 40.0. The van der Waals surface area contributed by atoms with Crippen molar-refractivity contribution in [3.05, 3.63) is 70.6 Å². The highest BCUT2D eigenvalue weighted by Gasteiger charge is 2.36. The van der Waals surface area contributed by atoms with Gasteiger partial charge in [0.15, 0.2) is 5.78 Å². The van der Waals surface area contributed by atoms with E-state index >= 15 is 0 Å². The molecule has 2 amide bonds. The summed E-state index contributed by atoms with van der Waals surface area (Å²) < 4.78 is 15.9. The van der Waals surface area contributed by atoms with Crippen molar-refractivity contribution in [2.75, 3.05) is 6.54 Å². The Morgan fingerprint density at radius 2 is 1.94 bits per heavy atom. The molecule has 1 aliphatic heterocycles. The molecule has 2 atom stereocenters. The number of aromatic nitrogens is 1. The first-order valence-electron chi connectivity index (χ1n) is 10.9. The van der Waals surface area contributed by atoms with E-state index in [1.54, 1.807) is 34.7 Å². The van der Waals surface area contributed by atoms with Crippen LogP contribution in [0.15, 0.2) is 48.7 Å². The number of nitrogens with one attached hydrogen (secondary N) is 1. The van der Waals surface area contributed by atoms with E-state index in [4.69, 9.17) is 11.6 Å². The minimum absolute atomic E-state index is 0.00266. The number of fused-ring (bicyclic) bond motifs is 1. The Bertz CT molecular complexity index is 1240. The third-order valence-corrected chi connectivity index (χ3v) is 6.51. The van der Waals surface area contributed by atoms with Gasteiger partial charge in [-0.05, 0) is 38.8 Å². The van der Waals surface area contributed by atoms with Crippen molar-refractivity contribution in [1.82, 2.24) is 14.8 Å². The molecule has 4 rings (SSSR count). The van der Waals surface area contributed by atoms with Crippen LogP contribution in [0.25, 0.3) is 10.9 Å². The third-order valence-electron chi connectivity index (χ3n) is 6.22. The van der Waals surface area contributed by atoms with E-state index in [0.717, 1.165) is 10.9 Å². The van der Waals surface area contributed by atoms with Gasteiger partial charge in [-0.3, -0.25) is 14.4 Å². The minimum atomic E-state index is -0.628. The van der Waals surface area contributed by atoms with Crippen molar-refractivity contribution < 1.29 is 18.8 Å². The van der Waals surface area contributed by atoms with E-state index in [1.165, 1.54) is 13.0 Å². The molecule has 3 aromatic rings. The topological polar surface area (TPSA) is 71.4 Å². The summed E-state index contributed by atoms with van der Waals surface area (Å²) in [6.07, 6.45) is 2.95. The molecule has 1 aromatic heterocycles. The van der Waals surface area contributed by atoms with Crippen LogP contribution < -0.4 is 5.32 Å². The maximum absolute atomic E-state index is 14.1. The van der Waals surface area contributed by atoms with E-state index in [0.29, 0.717) is 24.9 Å². The van der Waals surface area contributed by atoms with Crippen molar-refractivity contribution in [1.29, 1.82) is 0 Å². The quantitative estimate of drug-likeness (QED) is 0.540. The number of hydrogen-bond acceptors (Lipinski definition) is 3. The molecule has 0 radical (unpaired) electrons. The zero-order valence-electron chi connectivity index (χ0n) is 18.5. The Kier molecular flexibility index (Phi) is 6.51. The van der Waals surface area contributed by atoms with Gasteiger partial charge in [-0.25, -0.2) is 4.39 Å². The molecule has 6 nitrogen and oxygen atoms in total. The van der Waals surface area contributed by atoms with Crippen LogP contribution in [-0.2, 0) is 16.1 Å². The SMILES string of the molecule is CC(=O)c1cn(C(C)C(=O)N2CCC[C@H]2C(=O)NCc2cccc(Cl)c2F)c2ccccc12. The Balaban J connectivity index is 1.52. The molecule has 1 unspecified atom stereocenters. The number of para-hydroxylation sites is 1. The number of halogens is 2. The Labute approximate surface area is 196 Å². The second kappa shape index (κ2) is 9.35. The monoisotopic (exact) mass is 469 g/mol. The first-order valence-corrected chi connectivity index (χ1v) is 11.3. The first-order chi connectivity index (χ1) is 15.8. The number of likely N-dealkylation sites (tertiary alicyclic amines) is 1. The van der Waals surface area contributed by atoms with Gasteiger partial charge in [0.05, 0.1) is 5.02 Å².